The number of nitrogens with zero attached hydrogens (tertiary/aromatic N) is 6. The molecular weight excluding hydrogens is 1660 g/mol. The normalized spacial score (nSPS) is 24.0. The maximum Gasteiger partial charge on any atom is 0.246 e. The van der Waals surface area contributed by atoms with Crippen LogP contribution in [-0.2, 0) is 107 Å². The highest BCUT2D eigenvalue weighted by Gasteiger charge is 2.44. The third-order valence-corrected chi connectivity index (χ3v) is 23.4. The second-order valence-electron chi connectivity index (χ2n) is 32.4. The van der Waals surface area contributed by atoms with E-state index in [1.54, 1.807) is 105 Å². The number of imidazole rings is 1. The summed E-state index contributed by atoms with van der Waals surface area (Å²) < 4.78 is 0. The van der Waals surface area contributed by atoms with Crippen LogP contribution in [0, 0.1) is 5.92 Å². The van der Waals surface area contributed by atoms with Gasteiger partial charge >= 0.3 is 0 Å². The predicted octanol–water partition coefficient (Wildman–Crippen LogP) is -2.44. The first kappa shape index (κ1) is 99.6. The lowest BCUT2D eigenvalue weighted by atomic mass is 10.00. The van der Waals surface area contributed by atoms with Gasteiger partial charge in [0.05, 0.1) is 38.2 Å². The Bertz CT molecular complexity index is 4870. The van der Waals surface area contributed by atoms with E-state index < -0.39 is 223 Å². The SMILES string of the molecule is CCCC[C@H]1C(=O)N(C)[C@@H](CCCC)C(=O)N[C@@H](CN)C(=O)N[C@H](C(=O)NCC(N)=O)CSCC(=O)N[C@@H](Cc2ccccc2)C(=O)N(C)[C@@H](C)C(=O)N[C@@H](CC(N)=O)C(=O)N2CCC[C@H]2C(=O)N[C@@H](Cc2cnc[nH]2)C(=O)N[C@@H](CC(C)C)C(=O)N(C)CC(=O)N[C@@H](Cc2c[nH]c3ccccc23)C(=O)N[C@@H](CO)C(=O)N[C@@H](Cc2c[nH]c3ccccc23)C(=O)N1C. The molecule has 2 aliphatic rings. The van der Waals surface area contributed by atoms with Gasteiger partial charge in [-0.25, -0.2) is 4.98 Å². The van der Waals surface area contributed by atoms with Gasteiger partial charge in [0.15, 0.2) is 0 Å². The molecule has 2 fully saturated rings. The maximum atomic E-state index is 15.6. The van der Waals surface area contributed by atoms with E-state index in [9.17, 15) is 72.2 Å². The second-order valence-corrected chi connectivity index (χ2v) is 33.4. The number of nitrogens with one attached hydrogen (secondary N) is 13. The number of aliphatic hydroxyl groups excluding tert-OH is 1. The van der Waals surface area contributed by atoms with Gasteiger partial charge in [0.25, 0.3) is 0 Å². The van der Waals surface area contributed by atoms with Crippen molar-refractivity contribution in [2.75, 3.05) is 72.5 Å². The molecule has 13 atom stereocenters. The minimum absolute atomic E-state index is 0.00957. The van der Waals surface area contributed by atoms with Gasteiger partial charge in [0.1, 0.15) is 78.5 Å². The molecule has 20 N–H and O–H groups in total. The zero-order valence-corrected chi connectivity index (χ0v) is 73.8. The van der Waals surface area contributed by atoms with Crippen molar-refractivity contribution < 1.29 is 86.6 Å². The lowest BCUT2D eigenvalue weighted by Crippen LogP contribution is -2.62. The van der Waals surface area contributed by atoms with E-state index in [2.05, 4.69) is 73.1 Å². The second kappa shape index (κ2) is 48.1. The van der Waals surface area contributed by atoms with Crippen LogP contribution in [0.3, 0.4) is 0 Å². The smallest absolute Gasteiger partial charge is 0.246 e. The summed E-state index contributed by atoms with van der Waals surface area (Å²) in [5, 5.41) is 38.6. The summed E-state index contributed by atoms with van der Waals surface area (Å²) in [7, 11) is 5.24. The molecule has 0 radical (unpaired) electrons. The number of carbonyl (C=O) groups is 17. The summed E-state index contributed by atoms with van der Waals surface area (Å²) >= 11 is 0.794. The van der Waals surface area contributed by atoms with Crippen LogP contribution in [0.4, 0.5) is 0 Å². The number of primary amides is 2. The van der Waals surface area contributed by atoms with Crippen molar-refractivity contribution in [2.24, 2.45) is 23.1 Å². The van der Waals surface area contributed by atoms with Gasteiger partial charge in [-0.3, -0.25) is 81.5 Å². The molecule has 41 heteroatoms. The summed E-state index contributed by atoms with van der Waals surface area (Å²) in [6.07, 6.45) is 6.29. The number of aliphatic hydroxyl groups is 1. The molecule has 2 saturated heterocycles. The zero-order valence-electron chi connectivity index (χ0n) is 73.0. The molecule has 0 aliphatic carbocycles. The van der Waals surface area contributed by atoms with Crippen LogP contribution >= 0.6 is 11.8 Å². The molecule has 0 bridgehead atoms. The monoisotopic (exact) mass is 1780 g/mol. The van der Waals surface area contributed by atoms with E-state index in [0.717, 1.165) is 36.3 Å². The molecule has 40 nitrogen and oxygen atoms in total. The van der Waals surface area contributed by atoms with E-state index in [4.69, 9.17) is 17.2 Å². The summed E-state index contributed by atoms with van der Waals surface area (Å²) in [5.74, 6) is -16.6. The van der Waals surface area contributed by atoms with Crippen molar-refractivity contribution in [1.29, 1.82) is 0 Å². The Labute approximate surface area is 739 Å². The van der Waals surface area contributed by atoms with Gasteiger partial charge in [-0.1, -0.05) is 120 Å². The van der Waals surface area contributed by atoms with Crippen LogP contribution in [0.5, 0.6) is 0 Å². The molecule has 0 spiro atoms. The number of hydrogen-bond donors (Lipinski definition) is 17. The van der Waals surface area contributed by atoms with Gasteiger partial charge in [0, 0.05) is 119 Å². The Kier molecular flexibility index (Phi) is 37.7. The van der Waals surface area contributed by atoms with Crippen molar-refractivity contribution in [3.63, 3.8) is 0 Å². The Balaban J connectivity index is 1.16. The maximum absolute atomic E-state index is 15.6. The first-order valence-electron chi connectivity index (χ1n) is 42.5. The fourth-order valence-electron chi connectivity index (χ4n) is 15.2. The Morgan fingerprint density at radius 1 is 0.543 bits per heavy atom. The number of benzene rings is 3. The summed E-state index contributed by atoms with van der Waals surface area (Å²) in [6, 6.07) is 3.00. The van der Waals surface area contributed by atoms with Gasteiger partial charge in [0.2, 0.25) is 100 Å². The lowest BCUT2D eigenvalue weighted by molar-refractivity contribution is -0.149. The number of carbonyl (C=O) groups excluding carboxylic acids is 17. The Morgan fingerprint density at radius 2 is 1.07 bits per heavy atom. The van der Waals surface area contributed by atoms with E-state index in [1.807, 2.05) is 13.8 Å². The van der Waals surface area contributed by atoms with Crippen LogP contribution in [0.15, 0.2) is 104 Å². The average Bonchev–Trinajstić information content (AvgIpc) is 1.73. The largest absolute Gasteiger partial charge is 0.394 e. The third kappa shape index (κ3) is 28.1. The van der Waals surface area contributed by atoms with E-state index in [0.29, 0.717) is 69.9 Å². The van der Waals surface area contributed by atoms with Crippen molar-refractivity contribution in [2.45, 2.75) is 203 Å². The number of thioether (sulfide) groups is 1. The van der Waals surface area contributed by atoms with E-state index in [1.165, 1.54) is 47.6 Å². The summed E-state index contributed by atoms with van der Waals surface area (Å²) in [6.45, 7) is 5.38. The van der Waals surface area contributed by atoms with E-state index in [-0.39, 0.29) is 70.3 Å². The van der Waals surface area contributed by atoms with Crippen LogP contribution in [-0.4, -0.2) is 301 Å². The average molecular weight is 1780 g/mol. The molecule has 127 heavy (non-hydrogen) atoms. The summed E-state index contributed by atoms with van der Waals surface area (Å²) in [4.78, 5) is 265. The highest BCUT2D eigenvalue weighted by Crippen LogP contribution is 2.26. The highest BCUT2D eigenvalue weighted by molar-refractivity contribution is 8.00. The molecule has 0 saturated carbocycles. The number of rotatable bonds is 23. The zero-order chi connectivity index (χ0) is 92.9. The van der Waals surface area contributed by atoms with Crippen LogP contribution in [0.2, 0.25) is 0 Å². The quantitative estimate of drug-likeness (QED) is 0.0317. The van der Waals surface area contributed by atoms with Gasteiger partial charge in [-0.05, 0) is 73.8 Å². The Hall–Kier alpha value is -12.8. The van der Waals surface area contributed by atoms with Crippen LogP contribution < -0.4 is 70.4 Å². The van der Waals surface area contributed by atoms with Crippen LogP contribution in [0.1, 0.15) is 121 Å². The number of nitrogens with two attached hydrogens (primary N) is 3. The first-order valence-corrected chi connectivity index (χ1v) is 43.6. The number of likely N-dealkylation sites (N-methyl/N-ethyl adjacent to an activating group) is 4. The molecule has 6 aromatic rings. The van der Waals surface area contributed by atoms with Gasteiger partial charge in [-0.15, -0.1) is 11.8 Å². The number of para-hydroxylation sites is 2. The minimum Gasteiger partial charge on any atom is -0.394 e. The number of fused-ring (bicyclic) bond motifs is 3. The number of aromatic nitrogens is 4. The fraction of sp³-hybridized carbons (Fsp3) is 0.512. The van der Waals surface area contributed by atoms with Crippen molar-refractivity contribution in [1.82, 2.24) is 97.6 Å². The first-order chi connectivity index (χ1) is 60.6. The molecule has 5 heterocycles. The van der Waals surface area contributed by atoms with Crippen molar-refractivity contribution >= 4 is 134 Å². The molecule has 2 aliphatic heterocycles. The molecule has 17 amide bonds. The van der Waals surface area contributed by atoms with Crippen molar-refractivity contribution in [3.05, 3.63) is 126 Å². The molecule has 3 aromatic carbocycles. The fourth-order valence-corrected chi connectivity index (χ4v) is 16.1. The standard InChI is InChI=1S/C86H120N22O18S/c1-10-12-28-67-80(120)101-64(38-87)78(118)103-66(75(115)93-42-71(89)111)45-127-46-73(113)96-61(33-50-22-15-14-16-23-50)83(123)105(7)49(5)74(114)98-63(37-70(88)110)85(125)108-31-21-30-68(108)81(121)97-59(36-53-41-90-47-94-53)77(117)99-60(32-48(3)4)82(122)104(6)43-72(112)95-58(34-51-39-91-56-26-19-17-24-54(51)56)76(116)102-65(44-109)79(119)100-62(35-52-40-92-57-27-20-18-25-55(52)57)84(124)107(9)69(29-13-11-2)86(126)106(67)8/h14-20,22-27,39-41,47-49,58-69,91-92,109H,10-13,21,28-38,42-46,87H2,1-9H3,(H2,88,110)(H2,89,111)(H,90,94)(H,93,115)(H,95,112)(H,96,113)(H,97,121)(H,98,114)(H,99,117)(H,100,119)(H,101,120)(H,102,116)(H,103,118)/t49-,58-,59-,60-,61-,62-,63-,64-,65-,66-,67-,68-,69-/m0/s1. The number of H-pyrrole nitrogens is 3. The van der Waals surface area contributed by atoms with Crippen molar-refractivity contribution in [3.8, 4) is 0 Å². The number of amides is 17. The molecule has 688 valence electrons. The number of aromatic amines is 3. The van der Waals surface area contributed by atoms with Gasteiger partial charge < -0.3 is 115 Å². The molecular formula is C86H120N22O18S. The summed E-state index contributed by atoms with van der Waals surface area (Å²) in [5.41, 5.74) is 20.6. The number of hydrogen-bond acceptors (Lipinski definition) is 21. The topological polar surface area (TPSA) is 585 Å². The van der Waals surface area contributed by atoms with E-state index >= 15 is 14.4 Å². The molecule has 8 rings (SSSR count). The molecule has 3 aromatic heterocycles. The number of unbranched alkanes of at least 4 members (excludes halogenated alkanes) is 2. The third-order valence-electron chi connectivity index (χ3n) is 22.4. The minimum atomic E-state index is -1.84. The van der Waals surface area contributed by atoms with Crippen LogP contribution in [0.25, 0.3) is 21.8 Å². The highest BCUT2D eigenvalue weighted by atomic mass is 32.2. The molecule has 0 unspecified atom stereocenters. The van der Waals surface area contributed by atoms with Gasteiger partial charge in [-0.2, -0.15) is 0 Å². The lowest BCUT2D eigenvalue weighted by Gasteiger charge is -2.36. The Morgan fingerprint density at radius 3 is 1.66 bits per heavy atom. The predicted molar refractivity (Wildman–Crippen MR) is 470 cm³/mol.